The maximum Gasteiger partial charge on any atom is 0.434 e. The fraction of sp³-hybridized carbons (Fsp3) is 0.0556. The zero-order valence-electron chi connectivity index (χ0n) is 14.9. The number of tetrazole rings is 1. The predicted octanol–water partition coefficient (Wildman–Crippen LogP) is 3.77. The van der Waals surface area contributed by atoms with E-state index in [1.807, 2.05) is 0 Å². The van der Waals surface area contributed by atoms with Crippen LogP contribution in [0.25, 0.3) is 11.4 Å². The second-order valence-corrected chi connectivity index (χ2v) is 6.49. The molecule has 0 aliphatic rings. The number of benzene rings is 2. The summed E-state index contributed by atoms with van der Waals surface area (Å²) < 4.78 is 43.3. The molecule has 2 aromatic heterocycles. The summed E-state index contributed by atoms with van der Waals surface area (Å²) in [5, 5.41) is 17.2. The summed E-state index contributed by atoms with van der Waals surface area (Å²) >= 11 is 5.88. The first-order valence-electron chi connectivity index (χ1n) is 8.39. The molecule has 0 aliphatic carbocycles. The SMILES string of the molecule is O=C(Nc1cccc(-n2cnnn2)c1)c1cnn(-c2cccc(Cl)c2)c1C(F)(F)F. The van der Waals surface area contributed by atoms with Crippen molar-refractivity contribution in [3.63, 3.8) is 0 Å². The van der Waals surface area contributed by atoms with Gasteiger partial charge in [-0.15, -0.1) is 5.10 Å². The summed E-state index contributed by atoms with van der Waals surface area (Å²) in [7, 11) is 0. The number of halogens is 4. The van der Waals surface area contributed by atoms with Crippen molar-refractivity contribution >= 4 is 23.2 Å². The second kappa shape index (κ2) is 7.59. The number of anilines is 1. The number of amides is 1. The van der Waals surface area contributed by atoms with E-state index in [4.69, 9.17) is 11.6 Å². The molecule has 12 heteroatoms. The van der Waals surface area contributed by atoms with Crippen molar-refractivity contribution in [3.8, 4) is 11.4 Å². The molecule has 30 heavy (non-hydrogen) atoms. The molecule has 2 aromatic carbocycles. The van der Waals surface area contributed by atoms with Gasteiger partial charge in [0.05, 0.1) is 23.1 Å². The molecule has 0 bridgehead atoms. The Morgan fingerprint density at radius 2 is 1.83 bits per heavy atom. The molecule has 0 radical (unpaired) electrons. The first kappa shape index (κ1) is 19.6. The molecule has 0 spiro atoms. The van der Waals surface area contributed by atoms with Crippen LogP contribution < -0.4 is 5.32 Å². The number of nitrogens with zero attached hydrogens (tertiary/aromatic N) is 6. The van der Waals surface area contributed by atoms with Gasteiger partial charge in [0.25, 0.3) is 5.91 Å². The van der Waals surface area contributed by atoms with Crippen LogP contribution in [0.4, 0.5) is 18.9 Å². The molecular formula is C18H11ClF3N7O. The molecule has 0 saturated carbocycles. The maximum absolute atomic E-state index is 13.8. The highest BCUT2D eigenvalue weighted by molar-refractivity contribution is 6.30. The largest absolute Gasteiger partial charge is 0.434 e. The van der Waals surface area contributed by atoms with Gasteiger partial charge < -0.3 is 5.32 Å². The lowest BCUT2D eigenvalue weighted by atomic mass is 10.2. The summed E-state index contributed by atoms with van der Waals surface area (Å²) in [5.74, 6) is -0.968. The average molecular weight is 434 g/mol. The number of nitrogens with one attached hydrogen (secondary N) is 1. The maximum atomic E-state index is 13.8. The van der Waals surface area contributed by atoms with Crippen LogP contribution in [0, 0.1) is 0 Å². The Balaban J connectivity index is 1.69. The molecule has 152 valence electrons. The summed E-state index contributed by atoms with van der Waals surface area (Å²) in [4.78, 5) is 12.7. The van der Waals surface area contributed by atoms with Crippen molar-refractivity contribution in [1.82, 2.24) is 30.0 Å². The van der Waals surface area contributed by atoms with E-state index in [0.717, 1.165) is 6.20 Å². The number of hydrogen-bond acceptors (Lipinski definition) is 5. The standard InChI is InChI=1S/C18H11ClF3N7O/c19-11-3-1-6-14(7-11)29-16(18(20,21)22)15(9-24-29)17(30)25-12-4-2-5-13(8-12)28-10-23-26-27-28/h1-10H,(H,25,30). The summed E-state index contributed by atoms with van der Waals surface area (Å²) in [6.45, 7) is 0. The average Bonchev–Trinajstić information content (AvgIpc) is 3.38. The fourth-order valence-corrected chi connectivity index (χ4v) is 2.98. The van der Waals surface area contributed by atoms with E-state index in [9.17, 15) is 18.0 Å². The number of alkyl halides is 3. The summed E-state index contributed by atoms with van der Waals surface area (Å²) in [5.41, 5.74) is -0.983. The Morgan fingerprint density at radius 3 is 2.53 bits per heavy atom. The Kier molecular flexibility index (Phi) is 4.96. The highest BCUT2D eigenvalue weighted by Crippen LogP contribution is 2.34. The van der Waals surface area contributed by atoms with Gasteiger partial charge in [0.15, 0.2) is 5.69 Å². The van der Waals surface area contributed by atoms with Crippen LogP contribution in [-0.4, -0.2) is 35.9 Å². The third kappa shape index (κ3) is 3.87. The minimum atomic E-state index is -4.83. The van der Waals surface area contributed by atoms with E-state index in [2.05, 4.69) is 25.9 Å². The van der Waals surface area contributed by atoms with E-state index in [1.165, 1.54) is 47.4 Å². The van der Waals surface area contributed by atoms with Gasteiger partial charge in [-0.05, 0) is 46.8 Å². The van der Waals surface area contributed by atoms with Gasteiger partial charge in [0.2, 0.25) is 0 Å². The van der Waals surface area contributed by atoms with Gasteiger partial charge in [0, 0.05) is 10.7 Å². The molecule has 0 aliphatic heterocycles. The van der Waals surface area contributed by atoms with Crippen molar-refractivity contribution < 1.29 is 18.0 Å². The molecule has 2 heterocycles. The third-order valence-electron chi connectivity index (χ3n) is 4.05. The Bertz CT molecular complexity index is 1200. The first-order valence-corrected chi connectivity index (χ1v) is 8.76. The number of aromatic nitrogens is 6. The molecule has 0 fully saturated rings. The van der Waals surface area contributed by atoms with Crippen molar-refractivity contribution in [3.05, 3.63) is 77.3 Å². The van der Waals surface area contributed by atoms with Crippen LogP contribution in [0.2, 0.25) is 5.02 Å². The molecule has 1 amide bonds. The summed E-state index contributed by atoms with van der Waals surface area (Å²) in [6, 6.07) is 12.1. The van der Waals surface area contributed by atoms with Gasteiger partial charge >= 0.3 is 6.18 Å². The lowest BCUT2D eigenvalue weighted by Gasteiger charge is -2.13. The van der Waals surface area contributed by atoms with Gasteiger partial charge in [-0.1, -0.05) is 23.7 Å². The number of hydrogen-bond donors (Lipinski definition) is 1. The van der Waals surface area contributed by atoms with Crippen molar-refractivity contribution in [2.24, 2.45) is 0 Å². The number of carbonyl (C=O) groups excluding carboxylic acids is 1. The van der Waals surface area contributed by atoms with E-state index in [0.29, 0.717) is 10.4 Å². The molecule has 4 rings (SSSR count). The quantitative estimate of drug-likeness (QED) is 0.529. The van der Waals surface area contributed by atoms with Crippen LogP contribution in [0.3, 0.4) is 0 Å². The van der Waals surface area contributed by atoms with E-state index in [-0.39, 0.29) is 16.4 Å². The predicted molar refractivity (Wildman–Crippen MR) is 101 cm³/mol. The molecule has 0 unspecified atom stereocenters. The third-order valence-corrected chi connectivity index (χ3v) is 4.29. The van der Waals surface area contributed by atoms with E-state index in [1.54, 1.807) is 12.1 Å². The minimum Gasteiger partial charge on any atom is -0.322 e. The monoisotopic (exact) mass is 433 g/mol. The van der Waals surface area contributed by atoms with Gasteiger partial charge in [-0.25, -0.2) is 9.36 Å². The highest BCUT2D eigenvalue weighted by Gasteiger charge is 2.40. The Morgan fingerprint density at radius 1 is 1.07 bits per heavy atom. The molecule has 8 nitrogen and oxygen atoms in total. The van der Waals surface area contributed by atoms with Crippen LogP contribution in [0.1, 0.15) is 16.1 Å². The van der Waals surface area contributed by atoms with Gasteiger partial charge in [-0.3, -0.25) is 4.79 Å². The van der Waals surface area contributed by atoms with Crippen LogP contribution >= 0.6 is 11.6 Å². The lowest BCUT2D eigenvalue weighted by molar-refractivity contribution is -0.143. The first-order chi connectivity index (χ1) is 14.3. The number of rotatable bonds is 4. The normalized spacial score (nSPS) is 11.5. The van der Waals surface area contributed by atoms with Gasteiger partial charge in [-0.2, -0.15) is 18.3 Å². The van der Waals surface area contributed by atoms with Crippen molar-refractivity contribution in [1.29, 1.82) is 0 Å². The Hall–Kier alpha value is -3.73. The second-order valence-electron chi connectivity index (χ2n) is 6.06. The van der Waals surface area contributed by atoms with Crippen molar-refractivity contribution in [2.75, 3.05) is 5.32 Å². The molecule has 1 N–H and O–H groups in total. The Labute approximate surface area is 171 Å². The van der Waals surface area contributed by atoms with Crippen LogP contribution in [0.5, 0.6) is 0 Å². The smallest absolute Gasteiger partial charge is 0.322 e. The summed E-state index contributed by atoms with van der Waals surface area (Å²) in [6.07, 6.45) is -2.62. The zero-order chi connectivity index (χ0) is 21.3. The molecule has 0 atom stereocenters. The van der Waals surface area contributed by atoms with E-state index < -0.39 is 23.3 Å². The van der Waals surface area contributed by atoms with E-state index >= 15 is 0 Å². The molecule has 0 saturated heterocycles. The lowest BCUT2D eigenvalue weighted by Crippen LogP contribution is -2.20. The van der Waals surface area contributed by atoms with Crippen LogP contribution in [-0.2, 0) is 6.18 Å². The fourth-order valence-electron chi connectivity index (χ4n) is 2.80. The molecular weight excluding hydrogens is 423 g/mol. The molecule has 4 aromatic rings. The minimum absolute atomic E-state index is 0.0783. The van der Waals surface area contributed by atoms with Crippen LogP contribution in [0.15, 0.2) is 61.1 Å². The van der Waals surface area contributed by atoms with Gasteiger partial charge in [0.1, 0.15) is 6.33 Å². The topological polar surface area (TPSA) is 90.5 Å². The zero-order valence-corrected chi connectivity index (χ0v) is 15.6. The highest BCUT2D eigenvalue weighted by atomic mass is 35.5. The number of carbonyl (C=O) groups is 1. The van der Waals surface area contributed by atoms with Crippen molar-refractivity contribution in [2.45, 2.75) is 6.18 Å².